The van der Waals surface area contributed by atoms with Crippen molar-refractivity contribution in [1.82, 2.24) is 5.32 Å². The number of unbranched alkanes of at least 4 members (excludes halogenated alkanes) is 18. The zero-order valence-electron chi connectivity index (χ0n) is 29.8. The quantitative estimate of drug-likeness (QED) is 0.0381. The van der Waals surface area contributed by atoms with Gasteiger partial charge in [-0.1, -0.05) is 134 Å². The fourth-order valence-electron chi connectivity index (χ4n) is 5.84. The highest BCUT2D eigenvalue weighted by atomic mass is 16.7. The number of hydrogen-bond acceptors (Lipinski definition) is 8. The number of carbonyl (C=O) groups is 1. The van der Waals surface area contributed by atoms with Crippen molar-refractivity contribution in [2.24, 2.45) is 0 Å². The lowest BCUT2D eigenvalue weighted by molar-refractivity contribution is -0.302. The lowest BCUT2D eigenvalue weighted by Crippen LogP contribution is -2.60. The van der Waals surface area contributed by atoms with E-state index in [9.17, 15) is 30.3 Å². The third kappa shape index (κ3) is 21.4. The number of aliphatic hydroxyl groups is 5. The first-order valence-corrected chi connectivity index (χ1v) is 19.1. The van der Waals surface area contributed by atoms with E-state index in [2.05, 4.69) is 31.3 Å². The normalized spacial score (nSPS) is 23.1. The molecule has 0 bridgehead atoms. The van der Waals surface area contributed by atoms with Crippen molar-refractivity contribution in [3.8, 4) is 0 Å². The van der Waals surface area contributed by atoms with Crippen molar-refractivity contribution < 1.29 is 39.8 Å². The van der Waals surface area contributed by atoms with Gasteiger partial charge in [0.25, 0.3) is 0 Å². The molecule has 1 amide bonds. The predicted octanol–water partition coefficient (Wildman–Crippen LogP) is 6.38. The summed E-state index contributed by atoms with van der Waals surface area (Å²) in [5.41, 5.74) is 0. The molecule has 0 aromatic heterocycles. The maximum absolute atomic E-state index is 12.8. The van der Waals surface area contributed by atoms with Crippen LogP contribution in [0.25, 0.3) is 0 Å². The Hall–Kier alpha value is -1.33. The van der Waals surface area contributed by atoms with E-state index >= 15 is 0 Å². The van der Waals surface area contributed by atoms with Gasteiger partial charge in [-0.25, -0.2) is 0 Å². The second-order valence-corrected chi connectivity index (χ2v) is 13.4. The molecule has 1 aliphatic rings. The molecule has 6 N–H and O–H groups in total. The van der Waals surface area contributed by atoms with E-state index in [0.29, 0.717) is 6.42 Å². The van der Waals surface area contributed by atoms with Gasteiger partial charge in [0.2, 0.25) is 5.91 Å². The van der Waals surface area contributed by atoms with E-state index in [1.54, 1.807) is 6.08 Å². The van der Waals surface area contributed by atoms with Gasteiger partial charge in [0.1, 0.15) is 24.4 Å². The van der Waals surface area contributed by atoms with Crippen molar-refractivity contribution >= 4 is 5.91 Å². The summed E-state index contributed by atoms with van der Waals surface area (Å²) in [5.74, 6) is -0.194. The first kappa shape index (κ1) is 43.7. The van der Waals surface area contributed by atoms with Gasteiger partial charge in [-0.05, 0) is 38.5 Å². The Balaban J connectivity index is 2.47. The van der Waals surface area contributed by atoms with Crippen LogP contribution >= 0.6 is 0 Å². The number of carbonyl (C=O) groups excluding carboxylic acids is 1. The summed E-state index contributed by atoms with van der Waals surface area (Å²) in [6, 6.07) is -0.804. The molecular weight excluding hydrogens is 598 g/mol. The molecule has 276 valence electrons. The van der Waals surface area contributed by atoms with Gasteiger partial charge in [-0.3, -0.25) is 4.79 Å². The Kier molecular flexibility index (Phi) is 27.5. The van der Waals surface area contributed by atoms with Gasteiger partial charge < -0.3 is 40.3 Å². The summed E-state index contributed by atoms with van der Waals surface area (Å²) in [6.45, 7) is 3.69. The van der Waals surface area contributed by atoms with Crippen molar-refractivity contribution in [1.29, 1.82) is 0 Å². The van der Waals surface area contributed by atoms with E-state index in [1.807, 2.05) is 6.08 Å². The van der Waals surface area contributed by atoms with Crippen LogP contribution in [-0.4, -0.2) is 87.5 Å². The summed E-state index contributed by atoms with van der Waals surface area (Å²) < 4.78 is 11.1. The minimum absolute atomic E-state index is 0.192. The molecule has 9 nitrogen and oxygen atoms in total. The van der Waals surface area contributed by atoms with Crippen LogP contribution in [0.15, 0.2) is 24.3 Å². The Bertz CT molecular complexity index is 792. The fourth-order valence-corrected chi connectivity index (χ4v) is 5.84. The standard InChI is InChI=1S/C38H71NO8/c1-3-5-7-9-11-13-15-16-17-18-19-21-23-25-27-32(41)31(30-46-38-37(45)36(44)35(43)33(29-40)47-38)39-34(42)28-26-24-22-20-14-12-10-8-6-4-2/h10,12,25,27,31-33,35-38,40-41,43-45H,3-9,11,13-24,26,28-30H2,1-2H3,(H,39,42)/b12-10-,27-25+. The zero-order chi connectivity index (χ0) is 34.5. The van der Waals surface area contributed by atoms with Crippen LogP contribution < -0.4 is 5.32 Å². The van der Waals surface area contributed by atoms with Crippen LogP contribution in [0.5, 0.6) is 0 Å². The van der Waals surface area contributed by atoms with Gasteiger partial charge >= 0.3 is 0 Å². The molecule has 0 aromatic rings. The summed E-state index contributed by atoms with van der Waals surface area (Å²) >= 11 is 0. The summed E-state index contributed by atoms with van der Waals surface area (Å²) in [5, 5.41) is 53.8. The molecule has 7 unspecified atom stereocenters. The van der Waals surface area contributed by atoms with Crippen LogP contribution in [0.3, 0.4) is 0 Å². The van der Waals surface area contributed by atoms with Gasteiger partial charge in [0.05, 0.1) is 25.4 Å². The van der Waals surface area contributed by atoms with Crippen molar-refractivity contribution in [2.75, 3.05) is 13.2 Å². The molecule has 9 heteroatoms. The van der Waals surface area contributed by atoms with E-state index in [-0.39, 0.29) is 12.5 Å². The lowest BCUT2D eigenvalue weighted by atomic mass is 9.99. The zero-order valence-corrected chi connectivity index (χ0v) is 29.8. The number of rotatable bonds is 30. The average Bonchev–Trinajstić information content (AvgIpc) is 3.07. The Morgan fingerprint density at radius 1 is 0.702 bits per heavy atom. The van der Waals surface area contributed by atoms with Crippen molar-refractivity contribution in [3.05, 3.63) is 24.3 Å². The largest absolute Gasteiger partial charge is 0.394 e. The number of nitrogens with one attached hydrogen (secondary N) is 1. The molecule has 0 radical (unpaired) electrons. The highest BCUT2D eigenvalue weighted by Gasteiger charge is 2.44. The molecule has 0 spiro atoms. The topological polar surface area (TPSA) is 149 Å². The summed E-state index contributed by atoms with van der Waals surface area (Å²) in [7, 11) is 0. The first-order valence-electron chi connectivity index (χ1n) is 19.1. The van der Waals surface area contributed by atoms with Crippen LogP contribution in [0.2, 0.25) is 0 Å². The third-order valence-corrected chi connectivity index (χ3v) is 9.02. The summed E-state index contributed by atoms with van der Waals surface area (Å²) in [6.07, 6.45) is 25.1. The lowest BCUT2D eigenvalue weighted by Gasteiger charge is -2.40. The molecular formula is C38H71NO8. The van der Waals surface area contributed by atoms with E-state index in [4.69, 9.17) is 9.47 Å². The minimum atomic E-state index is -1.56. The minimum Gasteiger partial charge on any atom is -0.394 e. The third-order valence-electron chi connectivity index (χ3n) is 9.02. The van der Waals surface area contributed by atoms with E-state index in [0.717, 1.165) is 57.8 Å². The number of aliphatic hydroxyl groups excluding tert-OH is 5. The molecule has 1 fully saturated rings. The van der Waals surface area contributed by atoms with E-state index in [1.165, 1.54) is 77.0 Å². The summed E-state index contributed by atoms with van der Waals surface area (Å²) in [4.78, 5) is 12.8. The Morgan fingerprint density at radius 2 is 1.21 bits per heavy atom. The second-order valence-electron chi connectivity index (χ2n) is 13.4. The van der Waals surface area contributed by atoms with Gasteiger partial charge in [0.15, 0.2) is 6.29 Å². The highest BCUT2D eigenvalue weighted by Crippen LogP contribution is 2.22. The fraction of sp³-hybridized carbons (Fsp3) is 0.868. The molecule has 1 saturated heterocycles. The van der Waals surface area contributed by atoms with Crippen molar-refractivity contribution in [2.45, 2.75) is 198 Å². The average molecular weight is 670 g/mol. The molecule has 47 heavy (non-hydrogen) atoms. The number of allylic oxidation sites excluding steroid dienone is 3. The van der Waals surface area contributed by atoms with Crippen LogP contribution in [0, 0.1) is 0 Å². The molecule has 7 atom stereocenters. The molecule has 0 aromatic carbocycles. The number of ether oxygens (including phenoxy) is 2. The molecule has 1 heterocycles. The molecule has 1 aliphatic heterocycles. The van der Waals surface area contributed by atoms with Crippen LogP contribution in [0.1, 0.15) is 155 Å². The molecule has 0 saturated carbocycles. The van der Waals surface area contributed by atoms with Gasteiger partial charge in [-0.15, -0.1) is 0 Å². The molecule has 1 rings (SSSR count). The smallest absolute Gasteiger partial charge is 0.220 e. The highest BCUT2D eigenvalue weighted by molar-refractivity contribution is 5.76. The van der Waals surface area contributed by atoms with Gasteiger partial charge in [-0.2, -0.15) is 0 Å². The maximum atomic E-state index is 12.8. The molecule has 0 aliphatic carbocycles. The van der Waals surface area contributed by atoms with Crippen LogP contribution in [0.4, 0.5) is 0 Å². The number of hydrogen-bond donors (Lipinski definition) is 6. The van der Waals surface area contributed by atoms with Crippen LogP contribution in [-0.2, 0) is 14.3 Å². The van der Waals surface area contributed by atoms with E-state index < -0.39 is 49.5 Å². The Labute approximate surface area is 286 Å². The maximum Gasteiger partial charge on any atom is 0.220 e. The monoisotopic (exact) mass is 670 g/mol. The van der Waals surface area contributed by atoms with Crippen molar-refractivity contribution in [3.63, 3.8) is 0 Å². The first-order chi connectivity index (χ1) is 22.8. The Morgan fingerprint density at radius 3 is 1.79 bits per heavy atom. The second kappa shape index (κ2) is 29.6. The predicted molar refractivity (Wildman–Crippen MR) is 189 cm³/mol. The van der Waals surface area contributed by atoms with Gasteiger partial charge in [0, 0.05) is 6.42 Å². The number of amides is 1. The SMILES string of the molecule is CCCC/C=C\CCCCCCC(=O)NC(COC1OC(CO)C(O)C(O)C1O)C(O)/C=C/CCCCCCCCCCCCCC.